The second-order valence-corrected chi connectivity index (χ2v) is 7.10. The van der Waals surface area contributed by atoms with E-state index in [2.05, 4.69) is 0 Å². The van der Waals surface area contributed by atoms with E-state index in [1.807, 2.05) is 18.2 Å². The minimum atomic E-state index is 0.0783. The van der Waals surface area contributed by atoms with Gasteiger partial charge < -0.3 is 5.73 Å². The van der Waals surface area contributed by atoms with Gasteiger partial charge in [0.2, 0.25) is 0 Å². The van der Waals surface area contributed by atoms with Gasteiger partial charge in [-0.15, -0.1) is 0 Å². The van der Waals surface area contributed by atoms with Gasteiger partial charge in [-0.3, -0.25) is 0 Å². The summed E-state index contributed by atoms with van der Waals surface area (Å²) in [6.45, 7) is 0. The van der Waals surface area contributed by atoms with E-state index in [4.69, 9.17) is 28.9 Å². The average molecular weight is 282 g/mol. The van der Waals surface area contributed by atoms with Crippen molar-refractivity contribution in [2.24, 2.45) is 35.3 Å². The molecule has 3 heteroatoms. The summed E-state index contributed by atoms with van der Waals surface area (Å²) in [7, 11) is 0. The maximum absolute atomic E-state index is 6.47. The zero-order valence-corrected chi connectivity index (χ0v) is 11.7. The predicted molar refractivity (Wildman–Crippen MR) is 74.7 cm³/mol. The van der Waals surface area contributed by atoms with Gasteiger partial charge in [0.05, 0.1) is 0 Å². The molecule has 5 unspecified atom stereocenters. The molecule has 3 aliphatic rings. The summed E-state index contributed by atoms with van der Waals surface area (Å²) < 4.78 is 0. The number of fused-ring (bicyclic) bond motifs is 5. The minimum absolute atomic E-state index is 0.0783. The molecule has 3 fully saturated rings. The maximum atomic E-state index is 6.47. The first-order valence-electron chi connectivity index (χ1n) is 6.87. The molecule has 0 aliphatic heterocycles. The molecule has 5 atom stereocenters. The first kappa shape index (κ1) is 11.6. The van der Waals surface area contributed by atoms with Crippen molar-refractivity contribution < 1.29 is 0 Å². The van der Waals surface area contributed by atoms with Crippen molar-refractivity contribution in [2.45, 2.75) is 25.3 Å². The molecule has 18 heavy (non-hydrogen) atoms. The number of halogens is 2. The van der Waals surface area contributed by atoms with Crippen molar-refractivity contribution in [3.8, 4) is 0 Å². The van der Waals surface area contributed by atoms with Crippen LogP contribution in [0.2, 0.25) is 10.0 Å². The Kier molecular flexibility index (Phi) is 2.49. The molecule has 2 bridgehead atoms. The summed E-state index contributed by atoms with van der Waals surface area (Å²) in [5, 5.41) is 1.50. The lowest BCUT2D eigenvalue weighted by Crippen LogP contribution is -2.17. The van der Waals surface area contributed by atoms with E-state index in [-0.39, 0.29) is 6.04 Å². The van der Waals surface area contributed by atoms with Crippen LogP contribution in [0.25, 0.3) is 0 Å². The largest absolute Gasteiger partial charge is 0.324 e. The van der Waals surface area contributed by atoms with E-state index in [0.717, 1.165) is 39.3 Å². The quantitative estimate of drug-likeness (QED) is 0.860. The molecular weight excluding hydrogens is 265 g/mol. The van der Waals surface area contributed by atoms with Crippen LogP contribution in [0, 0.1) is 29.6 Å². The fourth-order valence-electron chi connectivity index (χ4n) is 4.85. The molecule has 96 valence electrons. The Morgan fingerprint density at radius 3 is 2.44 bits per heavy atom. The van der Waals surface area contributed by atoms with E-state index in [0.29, 0.717) is 5.92 Å². The lowest BCUT2D eigenvalue weighted by atomic mass is 9.93. The van der Waals surface area contributed by atoms with Gasteiger partial charge in [-0.2, -0.15) is 0 Å². The monoisotopic (exact) mass is 281 g/mol. The van der Waals surface area contributed by atoms with E-state index >= 15 is 0 Å². The van der Waals surface area contributed by atoms with E-state index in [9.17, 15) is 0 Å². The van der Waals surface area contributed by atoms with Crippen molar-refractivity contribution >= 4 is 23.2 Å². The van der Waals surface area contributed by atoms with Crippen LogP contribution in [0.5, 0.6) is 0 Å². The third-order valence-electron chi connectivity index (χ3n) is 5.53. The molecule has 3 aliphatic carbocycles. The Bertz CT molecular complexity index is 485. The summed E-state index contributed by atoms with van der Waals surface area (Å²) in [5.74, 6) is 4.33. The number of benzene rings is 1. The molecule has 4 rings (SSSR count). The fraction of sp³-hybridized carbons (Fsp3) is 0.600. The Balaban J connectivity index is 1.61. The first-order chi connectivity index (χ1) is 8.66. The molecule has 1 nitrogen and oxygen atoms in total. The van der Waals surface area contributed by atoms with Crippen LogP contribution in [0.15, 0.2) is 18.2 Å². The molecule has 0 spiro atoms. The second-order valence-electron chi connectivity index (χ2n) is 6.26. The first-order valence-corrected chi connectivity index (χ1v) is 7.63. The number of hydrogen-bond acceptors (Lipinski definition) is 1. The van der Waals surface area contributed by atoms with Crippen LogP contribution >= 0.6 is 23.2 Å². The predicted octanol–water partition coefficient (Wildman–Crippen LogP) is 4.29. The molecule has 1 aromatic rings. The molecule has 0 heterocycles. The van der Waals surface area contributed by atoms with E-state index in [1.165, 1.54) is 19.3 Å². The normalized spacial score (nSPS) is 41.8. The highest BCUT2D eigenvalue weighted by atomic mass is 35.5. The molecule has 0 aromatic heterocycles. The van der Waals surface area contributed by atoms with Crippen molar-refractivity contribution in [2.75, 3.05) is 0 Å². The zero-order chi connectivity index (χ0) is 12.4. The van der Waals surface area contributed by atoms with Crippen LogP contribution in [0.1, 0.15) is 30.9 Å². The summed E-state index contributed by atoms with van der Waals surface area (Å²) in [6.07, 6.45) is 4.32. The SMILES string of the molecule is NC(c1cc(Cl)ccc1Cl)C1C2C3CCC(C3)C21. The lowest BCUT2D eigenvalue weighted by Gasteiger charge is -2.18. The molecule has 0 radical (unpaired) electrons. The van der Waals surface area contributed by atoms with E-state index in [1.54, 1.807) is 0 Å². The Morgan fingerprint density at radius 1 is 1.11 bits per heavy atom. The topological polar surface area (TPSA) is 26.0 Å². The third-order valence-corrected chi connectivity index (χ3v) is 6.11. The van der Waals surface area contributed by atoms with Crippen molar-refractivity contribution in [3.63, 3.8) is 0 Å². The van der Waals surface area contributed by atoms with Gasteiger partial charge in [0.15, 0.2) is 0 Å². The van der Waals surface area contributed by atoms with Gasteiger partial charge in [-0.1, -0.05) is 23.2 Å². The highest BCUT2D eigenvalue weighted by Gasteiger charge is 2.66. The standard InChI is InChI=1S/C15H17Cl2N/c16-9-3-4-11(17)10(6-9)15(18)14-12-7-1-2-8(5-7)13(12)14/h3-4,6-8,12-15H,1-2,5,18H2. The molecule has 3 saturated carbocycles. The van der Waals surface area contributed by atoms with Gasteiger partial charge in [0.1, 0.15) is 0 Å². The Hall–Kier alpha value is -0.240. The van der Waals surface area contributed by atoms with Crippen LogP contribution in [-0.4, -0.2) is 0 Å². The average Bonchev–Trinajstić information content (AvgIpc) is 2.79. The Labute approximate surface area is 118 Å². The zero-order valence-electron chi connectivity index (χ0n) is 10.2. The molecule has 2 N–H and O–H groups in total. The molecule has 1 aromatic carbocycles. The van der Waals surface area contributed by atoms with Crippen molar-refractivity contribution in [1.29, 1.82) is 0 Å². The van der Waals surface area contributed by atoms with Gasteiger partial charge in [-0.05, 0) is 72.6 Å². The lowest BCUT2D eigenvalue weighted by molar-refractivity contribution is 0.418. The van der Waals surface area contributed by atoms with Gasteiger partial charge in [-0.25, -0.2) is 0 Å². The van der Waals surface area contributed by atoms with Crippen LogP contribution < -0.4 is 5.73 Å². The second kappa shape index (κ2) is 3.88. The molecule has 0 amide bonds. The maximum Gasteiger partial charge on any atom is 0.0454 e. The summed E-state index contributed by atoms with van der Waals surface area (Å²) in [5.41, 5.74) is 7.51. The fourth-order valence-corrected chi connectivity index (χ4v) is 5.27. The number of hydrogen-bond donors (Lipinski definition) is 1. The van der Waals surface area contributed by atoms with Gasteiger partial charge in [0.25, 0.3) is 0 Å². The smallest absolute Gasteiger partial charge is 0.0454 e. The summed E-state index contributed by atoms with van der Waals surface area (Å²) >= 11 is 12.3. The van der Waals surface area contributed by atoms with Gasteiger partial charge in [0, 0.05) is 16.1 Å². The number of nitrogens with two attached hydrogens (primary N) is 1. The van der Waals surface area contributed by atoms with Gasteiger partial charge >= 0.3 is 0 Å². The minimum Gasteiger partial charge on any atom is -0.324 e. The van der Waals surface area contributed by atoms with E-state index < -0.39 is 0 Å². The summed E-state index contributed by atoms with van der Waals surface area (Å²) in [6, 6.07) is 5.73. The van der Waals surface area contributed by atoms with Crippen LogP contribution in [0.4, 0.5) is 0 Å². The molecule has 0 saturated heterocycles. The van der Waals surface area contributed by atoms with Crippen molar-refractivity contribution in [1.82, 2.24) is 0 Å². The third kappa shape index (κ3) is 1.51. The number of rotatable bonds is 2. The highest BCUT2D eigenvalue weighted by molar-refractivity contribution is 6.33. The van der Waals surface area contributed by atoms with Crippen molar-refractivity contribution in [3.05, 3.63) is 33.8 Å². The van der Waals surface area contributed by atoms with Crippen LogP contribution in [0.3, 0.4) is 0 Å². The Morgan fingerprint density at radius 2 is 1.78 bits per heavy atom. The van der Waals surface area contributed by atoms with Crippen LogP contribution in [-0.2, 0) is 0 Å². The molecular formula is C15H17Cl2N. The summed E-state index contributed by atoms with van der Waals surface area (Å²) in [4.78, 5) is 0. The highest BCUT2D eigenvalue weighted by Crippen LogP contribution is 2.72.